The lowest BCUT2D eigenvalue weighted by atomic mass is 9.86. The van der Waals surface area contributed by atoms with Crippen LogP contribution in [0.15, 0.2) is 0 Å². The van der Waals surface area contributed by atoms with Crippen LogP contribution in [-0.4, -0.2) is 50.7 Å². The summed E-state index contributed by atoms with van der Waals surface area (Å²) in [4.78, 5) is 10.6. The number of hydrogen-bond acceptors (Lipinski definition) is 5. The van der Waals surface area contributed by atoms with Crippen LogP contribution in [0.4, 0.5) is 0 Å². The molecule has 0 heterocycles. The first-order valence-electron chi connectivity index (χ1n) is 5.08. The summed E-state index contributed by atoms with van der Waals surface area (Å²) in [6.07, 6.45) is -6.29. The van der Waals surface area contributed by atoms with Crippen molar-refractivity contribution in [2.24, 2.45) is 11.1 Å². The zero-order valence-electron chi connectivity index (χ0n) is 9.79. The van der Waals surface area contributed by atoms with Gasteiger partial charge in [0, 0.05) is 0 Å². The van der Waals surface area contributed by atoms with Crippen molar-refractivity contribution in [1.82, 2.24) is 0 Å². The first kappa shape index (κ1) is 15.3. The zero-order chi connectivity index (χ0) is 13.1. The molecule has 0 aliphatic heterocycles. The van der Waals surface area contributed by atoms with Gasteiger partial charge in [-0.2, -0.15) is 0 Å². The Hall–Kier alpha value is -0.690. The molecule has 0 bridgehead atoms. The van der Waals surface area contributed by atoms with Crippen molar-refractivity contribution in [2.45, 2.75) is 51.6 Å². The SMILES string of the molecule is CC(C)(C)C[C@H](O)[C@@H](O)[C@H](O)[C@H](O)C(N)=O. The van der Waals surface area contributed by atoms with Crippen LogP contribution in [0.3, 0.4) is 0 Å². The smallest absolute Gasteiger partial charge is 0.249 e. The van der Waals surface area contributed by atoms with Crippen LogP contribution in [-0.2, 0) is 4.79 Å². The first-order valence-corrected chi connectivity index (χ1v) is 5.08. The minimum Gasteiger partial charge on any atom is -0.390 e. The van der Waals surface area contributed by atoms with Crippen LogP contribution in [0.25, 0.3) is 0 Å². The van der Waals surface area contributed by atoms with Gasteiger partial charge in [0.2, 0.25) is 5.91 Å². The van der Waals surface area contributed by atoms with E-state index in [1.807, 2.05) is 20.8 Å². The number of amides is 1. The minimum atomic E-state index is -1.88. The van der Waals surface area contributed by atoms with Crippen molar-refractivity contribution >= 4 is 5.91 Å². The number of nitrogens with two attached hydrogens (primary N) is 1. The molecule has 96 valence electrons. The van der Waals surface area contributed by atoms with E-state index in [0.717, 1.165) is 0 Å². The van der Waals surface area contributed by atoms with E-state index in [9.17, 15) is 20.1 Å². The second-order valence-electron chi connectivity index (χ2n) is 5.16. The summed E-state index contributed by atoms with van der Waals surface area (Å²) < 4.78 is 0. The Morgan fingerprint density at radius 1 is 1.12 bits per heavy atom. The van der Waals surface area contributed by atoms with E-state index in [2.05, 4.69) is 0 Å². The molecule has 0 spiro atoms. The first-order chi connectivity index (χ1) is 7.06. The lowest BCUT2D eigenvalue weighted by Gasteiger charge is -2.29. The van der Waals surface area contributed by atoms with Crippen LogP contribution in [0, 0.1) is 5.41 Å². The van der Waals surface area contributed by atoms with E-state index in [4.69, 9.17) is 10.8 Å². The molecular weight excluding hydrogens is 214 g/mol. The van der Waals surface area contributed by atoms with Gasteiger partial charge in [-0.1, -0.05) is 20.8 Å². The van der Waals surface area contributed by atoms with Gasteiger partial charge in [0.25, 0.3) is 0 Å². The number of aliphatic hydroxyl groups is 4. The van der Waals surface area contributed by atoms with Crippen LogP contribution in [0.1, 0.15) is 27.2 Å². The molecule has 6 heteroatoms. The maximum atomic E-state index is 10.6. The molecule has 0 aliphatic carbocycles. The third-order valence-electron chi connectivity index (χ3n) is 2.18. The second kappa shape index (κ2) is 5.58. The van der Waals surface area contributed by atoms with E-state index in [1.54, 1.807) is 0 Å². The highest BCUT2D eigenvalue weighted by Gasteiger charge is 2.34. The van der Waals surface area contributed by atoms with E-state index >= 15 is 0 Å². The highest BCUT2D eigenvalue weighted by Crippen LogP contribution is 2.23. The molecule has 0 unspecified atom stereocenters. The van der Waals surface area contributed by atoms with Crippen molar-refractivity contribution in [1.29, 1.82) is 0 Å². The van der Waals surface area contributed by atoms with Crippen molar-refractivity contribution in [3.05, 3.63) is 0 Å². The van der Waals surface area contributed by atoms with Gasteiger partial charge in [-0.15, -0.1) is 0 Å². The lowest BCUT2D eigenvalue weighted by molar-refractivity contribution is -0.145. The quantitative estimate of drug-likeness (QED) is 0.390. The standard InChI is InChI=1S/C10H21NO5/c1-10(2,3)4-5(12)6(13)7(14)8(15)9(11)16/h5-8,12-15H,4H2,1-3H3,(H2,11,16)/t5-,6+,7-,8-/m0/s1. The fraction of sp³-hybridized carbons (Fsp3) is 0.900. The predicted octanol–water partition coefficient (Wildman–Crippen LogP) is -1.65. The number of carbonyl (C=O) groups is 1. The lowest BCUT2D eigenvalue weighted by Crippen LogP contribution is -2.50. The molecule has 1 amide bonds. The largest absolute Gasteiger partial charge is 0.390 e. The molecule has 0 saturated heterocycles. The molecular formula is C10H21NO5. The molecule has 6 N–H and O–H groups in total. The van der Waals surface area contributed by atoms with Crippen LogP contribution in [0.5, 0.6) is 0 Å². The molecule has 0 aliphatic rings. The Morgan fingerprint density at radius 2 is 1.56 bits per heavy atom. The molecule has 0 aromatic rings. The zero-order valence-corrected chi connectivity index (χ0v) is 9.79. The summed E-state index contributed by atoms with van der Waals surface area (Å²) in [5.41, 5.74) is 4.51. The molecule has 16 heavy (non-hydrogen) atoms. The van der Waals surface area contributed by atoms with Crippen molar-refractivity contribution < 1.29 is 25.2 Å². The number of primary amides is 1. The van der Waals surface area contributed by atoms with Crippen LogP contribution < -0.4 is 5.73 Å². The van der Waals surface area contributed by atoms with Crippen molar-refractivity contribution in [3.8, 4) is 0 Å². The maximum absolute atomic E-state index is 10.6. The summed E-state index contributed by atoms with van der Waals surface area (Å²) in [5, 5.41) is 37.6. The molecule has 0 aromatic carbocycles. The number of rotatable bonds is 5. The van der Waals surface area contributed by atoms with Gasteiger partial charge in [0.05, 0.1) is 6.10 Å². The predicted molar refractivity (Wildman–Crippen MR) is 57.3 cm³/mol. The third kappa shape index (κ3) is 4.89. The van der Waals surface area contributed by atoms with E-state index in [0.29, 0.717) is 0 Å². The highest BCUT2D eigenvalue weighted by atomic mass is 16.4. The number of aliphatic hydroxyl groups excluding tert-OH is 4. The summed E-state index contributed by atoms with van der Waals surface area (Å²) >= 11 is 0. The Morgan fingerprint density at radius 3 is 1.88 bits per heavy atom. The van der Waals surface area contributed by atoms with E-state index in [1.165, 1.54) is 0 Å². The van der Waals surface area contributed by atoms with Gasteiger partial charge in [0.15, 0.2) is 6.10 Å². The summed E-state index contributed by atoms with van der Waals surface area (Å²) in [6, 6.07) is 0. The van der Waals surface area contributed by atoms with Gasteiger partial charge in [-0.25, -0.2) is 0 Å². The topological polar surface area (TPSA) is 124 Å². The van der Waals surface area contributed by atoms with Gasteiger partial charge >= 0.3 is 0 Å². The maximum Gasteiger partial charge on any atom is 0.249 e. The highest BCUT2D eigenvalue weighted by molar-refractivity contribution is 5.79. The Balaban J connectivity index is 4.43. The van der Waals surface area contributed by atoms with Gasteiger partial charge in [-0.3, -0.25) is 4.79 Å². The van der Waals surface area contributed by atoms with Gasteiger partial charge in [-0.05, 0) is 11.8 Å². The molecule has 0 saturated carbocycles. The van der Waals surface area contributed by atoms with Crippen LogP contribution >= 0.6 is 0 Å². The minimum absolute atomic E-state index is 0.219. The monoisotopic (exact) mass is 235 g/mol. The Labute approximate surface area is 94.7 Å². The summed E-state index contributed by atoms with van der Waals surface area (Å²) in [5.74, 6) is -1.14. The van der Waals surface area contributed by atoms with Crippen LogP contribution in [0.2, 0.25) is 0 Å². The molecule has 4 atom stereocenters. The Kier molecular flexibility index (Phi) is 5.34. The molecule has 0 fully saturated rings. The third-order valence-corrected chi connectivity index (χ3v) is 2.18. The normalized spacial score (nSPS) is 19.9. The number of hydrogen-bond donors (Lipinski definition) is 5. The van der Waals surface area contributed by atoms with E-state index in [-0.39, 0.29) is 11.8 Å². The molecule has 6 nitrogen and oxygen atoms in total. The fourth-order valence-electron chi connectivity index (χ4n) is 1.33. The van der Waals surface area contributed by atoms with Crippen molar-refractivity contribution in [3.63, 3.8) is 0 Å². The second-order valence-corrected chi connectivity index (χ2v) is 5.16. The molecule has 0 rings (SSSR count). The van der Waals surface area contributed by atoms with Gasteiger partial charge in [0.1, 0.15) is 12.2 Å². The number of carbonyl (C=O) groups excluding carboxylic acids is 1. The summed E-state index contributed by atoms with van der Waals surface area (Å²) in [7, 11) is 0. The average molecular weight is 235 g/mol. The fourth-order valence-corrected chi connectivity index (χ4v) is 1.33. The molecule has 0 radical (unpaired) electrons. The van der Waals surface area contributed by atoms with E-state index < -0.39 is 30.3 Å². The molecule has 0 aromatic heterocycles. The Bertz CT molecular complexity index is 238. The van der Waals surface area contributed by atoms with Crippen molar-refractivity contribution in [2.75, 3.05) is 0 Å². The van der Waals surface area contributed by atoms with Gasteiger partial charge < -0.3 is 26.2 Å². The summed E-state index contributed by atoms with van der Waals surface area (Å²) in [6.45, 7) is 5.54. The average Bonchev–Trinajstić information content (AvgIpc) is 2.11.